The van der Waals surface area contributed by atoms with E-state index in [1.54, 1.807) is 12.4 Å². The summed E-state index contributed by atoms with van der Waals surface area (Å²) < 4.78 is 0. The summed E-state index contributed by atoms with van der Waals surface area (Å²) in [5, 5.41) is 0. The molecule has 0 amide bonds. The molecule has 19 heavy (non-hydrogen) atoms. The number of hydrogen-bond acceptors (Lipinski definition) is 2. The zero-order valence-electron chi connectivity index (χ0n) is 10.8. The van der Waals surface area contributed by atoms with E-state index in [4.69, 9.17) is 0 Å². The van der Waals surface area contributed by atoms with E-state index in [0.717, 1.165) is 30.7 Å². The van der Waals surface area contributed by atoms with Gasteiger partial charge in [-0.15, -0.1) is 6.58 Å². The lowest BCUT2D eigenvalue weighted by Gasteiger charge is -2.07. The number of fused-ring (bicyclic) bond motifs is 1. The van der Waals surface area contributed by atoms with E-state index in [2.05, 4.69) is 40.8 Å². The second-order valence-electron chi connectivity index (χ2n) is 4.70. The normalized spacial score (nSPS) is 13.5. The summed E-state index contributed by atoms with van der Waals surface area (Å²) in [4.78, 5) is 8.99. The molecule has 2 aromatic rings. The number of allylic oxidation sites excluding steroid dienone is 2. The van der Waals surface area contributed by atoms with Crippen molar-refractivity contribution in [3.63, 3.8) is 0 Å². The molecule has 0 N–H and O–H groups in total. The molecule has 2 heteroatoms. The molecule has 3 rings (SSSR count). The molecule has 1 aromatic carbocycles. The molecule has 0 fully saturated rings. The standard InChI is InChI=1S/C17H16N2/c1-2-3-7-14-12-15-17(19-11-10-18-15)16(14)13-8-5-4-6-9-13/h2,4-6,8-11H,1,3,7,12H2. The highest BCUT2D eigenvalue weighted by Crippen LogP contribution is 2.36. The lowest BCUT2D eigenvalue weighted by molar-refractivity contribution is 0.926. The first-order valence-electron chi connectivity index (χ1n) is 6.58. The van der Waals surface area contributed by atoms with Crippen molar-refractivity contribution in [2.75, 3.05) is 0 Å². The van der Waals surface area contributed by atoms with Gasteiger partial charge in [-0.05, 0) is 18.4 Å². The van der Waals surface area contributed by atoms with Crippen molar-refractivity contribution < 1.29 is 0 Å². The maximum Gasteiger partial charge on any atom is 0.0926 e. The summed E-state index contributed by atoms with van der Waals surface area (Å²) in [6, 6.07) is 10.5. The van der Waals surface area contributed by atoms with Crippen LogP contribution in [0.25, 0.3) is 5.57 Å². The molecular weight excluding hydrogens is 232 g/mol. The van der Waals surface area contributed by atoms with Crippen LogP contribution >= 0.6 is 0 Å². The lowest BCUT2D eigenvalue weighted by Crippen LogP contribution is -1.93. The molecule has 0 atom stereocenters. The molecule has 0 saturated carbocycles. The minimum Gasteiger partial charge on any atom is -0.257 e. The second kappa shape index (κ2) is 5.19. The van der Waals surface area contributed by atoms with E-state index in [-0.39, 0.29) is 0 Å². The first-order valence-corrected chi connectivity index (χ1v) is 6.58. The van der Waals surface area contributed by atoms with Crippen molar-refractivity contribution in [3.8, 4) is 0 Å². The van der Waals surface area contributed by atoms with E-state index < -0.39 is 0 Å². The predicted octanol–water partition coefficient (Wildman–Crippen LogP) is 3.80. The number of hydrogen-bond donors (Lipinski definition) is 0. The first kappa shape index (κ1) is 11.8. The molecule has 0 radical (unpaired) electrons. The van der Waals surface area contributed by atoms with Gasteiger partial charge in [-0.25, -0.2) is 0 Å². The van der Waals surface area contributed by atoms with E-state index in [1.165, 1.54) is 16.7 Å². The number of aromatic nitrogens is 2. The third-order valence-corrected chi connectivity index (χ3v) is 3.46. The van der Waals surface area contributed by atoms with Crippen molar-refractivity contribution in [2.24, 2.45) is 0 Å². The Hall–Kier alpha value is -2.22. The van der Waals surface area contributed by atoms with E-state index in [0.29, 0.717) is 0 Å². The summed E-state index contributed by atoms with van der Waals surface area (Å²) >= 11 is 0. The number of rotatable bonds is 4. The van der Waals surface area contributed by atoms with Crippen LogP contribution in [0, 0.1) is 0 Å². The fourth-order valence-electron chi connectivity index (χ4n) is 2.60. The first-order chi connectivity index (χ1) is 9.40. The van der Waals surface area contributed by atoms with Crippen molar-refractivity contribution in [3.05, 3.63) is 77.9 Å². The minimum absolute atomic E-state index is 0.918. The van der Waals surface area contributed by atoms with Gasteiger partial charge in [-0.3, -0.25) is 9.97 Å². The van der Waals surface area contributed by atoms with Crippen molar-refractivity contribution >= 4 is 5.57 Å². The van der Waals surface area contributed by atoms with E-state index >= 15 is 0 Å². The van der Waals surface area contributed by atoms with Gasteiger partial charge >= 0.3 is 0 Å². The van der Waals surface area contributed by atoms with Crippen LogP contribution in [-0.2, 0) is 6.42 Å². The molecule has 0 saturated heterocycles. The Morgan fingerprint density at radius 2 is 1.89 bits per heavy atom. The van der Waals surface area contributed by atoms with Gasteiger partial charge in [0.25, 0.3) is 0 Å². The minimum atomic E-state index is 0.918. The van der Waals surface area contributed by atoms with Gasteiger partial charge in [-0.1, -0.05) is 42.0 Å². The van der Waals surface area contributed by atoms with Crippen LogP contribution in [0.15, 0.2) is 61.0 Å². The SMILES string of the molecule is C=CCCC1=C(c2ccccc2)c2nccnc2C1. The van der Waals surface area contributed by atoms with Gasteiger partial charge in [0, 0.05) is 24.4 Å². The Balaban J connectivity index is 2.09. The topological polar surface area (TPSA) is 25.8 Å². The fraction of sp³-hybridized carbons (Fsp3) is 0.176. The monoisotopic (exact) mass is 248 g/mol. The maximum absolute atomic E-state index is 4.53. The van der Waals surface area contributed by atoms with Crippen molar-refractivity contribution in [1.29, 1.82) is 0 Å². The molecule has 0 bridgehead atoms. The Morgan fingerprint density at radius 1 is 1.11 bits per heavy atom. The lowest BCUT2D eigenvalue weighted by atomic mass is 9.98. The molecule has 0 spiro atoms. The maximum atomic E-state index is 4.53. The summed E-state index contributed by atoms with van der Waals surface area (Å²) in [7, 11) is 0. The highest BCUT2D eigenvalue weighted by atomic mass is 14.8. The zero-order valence-corrected chi connectivity index (χ0v) is 10.8. The van der Waals surface area contributed by atoms with Crippen LogP contribution in [0.5, 0.6) is 0 Å². The van der Waals surface area contributed by atoms with Crippen molar-refractivity contribution in [2.45, 2.75) is 19.3 Å². The highest BCUT2D eigenvalue weighted by molar-refractivity contribution is 5.84. The molecule has 0 aliphatic heterocycles. The average molecular weight is 248 g/mol. The summed E-state index contributed by atoms with van der Waals surface area (Å²) in [6.07, 6.45) is 8.47. The van der Waals surface area contributed by atoms with E-state index in [9.17, 15) is 0 Å². The zero-order chi connectivity index (χ0) is 13.1. The van der Waals surface area contributed by atoms with Crippen LogP contribution < -0.4 is 0 Å². The Labute approximate surface area is 113 Å². The van der Waals surface area contributed by atoms with Crippen LogP contribution in [0.1, 0.15) is 29.8 Å². The molecular formula is C17H16N2. The Kier molecular flexibility index (Phi) is 3.23. The van der Waals surface area contributed by atoms with Crippen LogP contribution in [-0.4, -0.2) is 9.97 Å². The van der Waals surface area contributed by atoms with Gasteiger partial charge in [0.1, 0.15) is 0 Å². The molecule has 1 heterocycles. The molecule has 0 unspecified atom stereocenters. The molecule has 1 aliphatic carbocycles. The third kappa shape index (κ3) is 2.22. The van der Waals surface area contributed by atoms with Gasteiger partial charge in [0.05, 0.1) is 11.4 Å². The fourth-order valence-corrected chi connectivity index (χ4v) is 2.60. The van der Waals surface area contributed by atoms with Crippen LogP contribution in [0.4, 0.5) is 0 Å². The van der Waals surface area contributed by atoms with Gasteiger partial charge in [0.15, 0.2) is 0 Å². The number of benzene rings is 1. The highest BCUT2D eigenvalue weighted by Gasteiger charge is 2.24. The average Bonchev–Trinajstić information content (AvgIpc) is 2.84. The van der Waals surface area contributed by atoms with Gasteiger partial charge < -0.3 is 0 Å². The smallest absolute Gasteiger partial charge is 0.0926 e. The quantitative estimate of drug-likeness (QED) is 0.769. The summed E-state index contributed by atoms with van der Waals surface area (Å²) in [5.41, 5.74) is 6.08. The summed E-state index contributed by atoms with van der Waals surface area (Å²) in [6.45, 7) is 3.81. The number of nitrogens with zero attached hydrogens (tertiary/aromatic N) is 2. The predicted molar refractivity (Wildman–Crippen MR) is 77.6 cm³/mol. The Morgan fingerprint density at radius 3 is 2.68 bits per heavy atom. The Bertz CT molecular complexity index is 627. The molecule has 1 aromatic heterocycles. The molecule has 2 nitrogen and oxygen atoms in total. The second-order valence-corrected chi connectivity index (χ2v) is 4.70. The summed E-state index contributed by atoms with van der Waals surface area (Å²) in [5.74, 6) is 0. The van der Waals surface area contributed by atoms with Crippen LogP contribution in [0.3, 0.4) is 0 Å². The molecule has 94 valence electrons. The molecule has 1 aliphatic rings. The van der Waals surface area contributed by atoms with Gasteiger partial charge in [0.2, 0.25) is 0 Å². The van der Waals surface area contributed by atoms with Crippen molar-refractivity contribution in [1.82, 2.24) is 9.97 Å². The third-order valence-electron chi connectivity index (χ3n) is 3.46. The van der Waals surface area contributed by atoms with Crippen LogP contribution in [0.2, 0.25) is 0 Å². The van der Waals surface area contributed by atoms with Gasteiger partial charge in [-0.2, -0.15) is 0 Å². The largest absolute Gasteiger partial charge is 0.257 e. The van der Waals surface area contributed by atoms with E-state index in [1.807, 2.05) is 12.1 Å².